The Balaban J connectivity index is 2.10. The van der Waals surface area contributed by atoms with Gasteiger partial charge in [0, 0.05) is 17.3 Å². The smallest absolute Gasteiger partial charge is 0.310 e. The third kappa shape index (κ3) is 2.82. The second kappa shape index (κ2) is 4.97. The molecule has 1 aromatic heterocycles. The second-order valence-corrected chi connectivity index (χ2v) is 4.54. The number of rotatable bonds is 4. The van der Waals surface area contributed by atoms with E-state index in [0.29, 0.717) is 0 Å². The Kier molecular flexibility index (Phi) is 3.39. The number of nitrogens with zero attached hydrogens (tertiary/aromatic N) is 1. The van der Waals surface area contributed by atoms with E-state index in [1.54, 1.807) is 13.1 Å². The molecular formula is C12H12N2O2S. The van der Waals surface area contributed by atoms with Gasteiger partial charge in [0.2, 0.25) is 0 Å². The summed E-state index contributed by atoms with van der Waals surface area (Å²) in [6.45, 7) is 1.67. The largest absolute Gasteiger partial charge is 0.481 e. The summed E-state index contributed by atoms with van der Waals surface area (Å²) in [5.41, 5.74) is 1.70. The van der Waals surface area contributed by atoms with Crippen LogP contribution in [-0.4, -0.2) is 16.1 Å². The first-order chi connectivity index (χ1) is 8.16. The third-order valence-corrected chi connectivity index (χ3v) is 3.15. The second-order valence-electron chi connectivity index (χ2n) is 3.64. The summed E-state index contributed by atoms with van der Waals surface area (Å²) in [5.74, 6) is -1.30. The molecule has 0 bridgehead atoms. The monoisotopic (exact) mass is 248 g/mol. The standard InChI is InChI=1S/C12H12N2O2S/c1-8(11(15)16)9-2-4-10(5-3-9)14-12-13-6-7-17-12/h2-8H,1H3,(H,13,14)(H,15,16)/t8-/m1/s1. The zero-order chi connectivity index (χ0) is 12.3. The lowest BCUT2D eigenvalue weighted by atomic mass is 10.0. The first kappa shape index (κ1) is 11.6. The van der Waals surface area contributed by atoms with Crippen LogP contribution < -0.4 is 5.32 Å². The number of aliphatic carboxylic acids is 1. The number of carboxylic acids is 1. The van der Waals surface area contributed by atoms with Gasteiger partial charge in [-0.3, -0.25) is 4.79 Å². The van der Waals surface area contributed by atoms with Crippen molar-refractivity contribution in [3.63, 3.8) is 0 Å². The number of aromatic nitrogens is 1. The fourth-order valence-corrected chi connectivity index (χ4v) is 1.96. The van der Waals surface area contributed by atoms with Crippen molar-refractivity contribution in [2.75, 3.05) is 5.32 Å². The summed E-state index contributed by atoms with van der Waals surface area (Å²) in [7, 11) is 0. The molecule has 0 spiro atoms. The molecule has 2 rings (SSSR count). The van der Waals surface area contributed by atoms with Crippen LogP contribution in [0.15, 0.2) is 35.8 Å². The van der Waals surface area contributed by atoms with Crippen LogP contribution in [0, 0.1) is 0 Å². The van der Waals surface area contributed by atoms with E-state index < -0.39 is 11.9 Å². The van der Waals surface area contributed by atoms with Crippen LogP contribution in [0.25, 0.3) is 0 Å². The van der Waals surface area contributed by atoms with E-state index in [-0.39, 0.29) is 0 Å². The SMILES string of the molecule is C[C@@H](C(=O)O)c1ccc(Nc2nccs2)cc1. The van der Waals surface area contributed by atoms with Gasteiger partial charge >= 0.3 is 5.97 Å². The minimum Gasteiger partial charge on any atom is -0.481 e. The highest BCUT2D eigenvalue weighted by Crippen LogP contribution is 2.21. The Morgan fingerprint density at radius 3 is 2.65 bits per heavy atom. The molecule has 0 aliphatic heterocycles. The number of anilines is 2. The van der Waals surface area contributed by atoms with E-state index in [1.165, 1.54) is 11.3 Å². The maximum absolute atomic E-state index is 10.8. The Morgan fingerprint density at radius 2 is 2.12 bits per heavy atom. The van der Waals surface area contributed by atoms with Crippen LogP contribution in [-0.2, 0) is 4.79 Å². The Labute approximate surface area is 103 Å². The van der Waals surface area contributed by atoms with Crippen molar-refractivity contribution in [3.05, 3.63) is 41.4 Å². The quantitative estimate of drug-likeness (QED) is 0.872. The van der Waals surface area contributed by atoms with E-state index in [1.807, 2.05) is 29.6 Å². The van der Waals surface area contributed by atoms with Gasteiger partial charge in [0.1, 0.15) is 0 Å². The van der Waals surface area contributed by atoms with Crippen LogP contribution in [0.1, 0.15) is 18.4 Å². The molecule has 88 valence electrons. The lowest BCUT2D eigenvalue weighted by Crippen LogP contribution is -2.07. The maximum Gasteiger partial charge on any atom is 0.310 e. The lowest BCUT2D eigenvalue weighted by Gasteiger charge is -2.08. The van der Waals surface area contributed by atoms with Crippen molar-refractivity contribution in [3.8, 4) is 0 Å². The predicted molar refractivity (Wildman–Crippen MR) is 67.9 cm³/mol. The molecule has 0 radical (unpaired) electrons. The Hall–Kier alpha value is -1.88. The molecule has 0 fully saturated rings. The van der Waals surface area contributed by atoms with Crippen LogP contribution in [0.4, 0.5) is 10.8 Å². The van der Waals surface area contributed by atoms with Gasteiger partial charge in [0.15, 0.2) is 5.13 Å². The predicted octanol–water partition coefficient (Wildman–Crippen LogP) is 3.07. The first-order valence-corrected chi connectivity index (χ1v) is 6.04. The van der Waals surface area contributed by atoms with Gasteiger partial charge in [-0.15, -0.1) is 11.3 Å². The normalized spacial score (nSPS) is 12.1. The molecule has 0 saturated heterocycles. The van der Waals surface area contributed by atoms with Gasteiger partial charge in [-0.05, 0) is 24.6 Å². The Bertz CT molecular complexity index is 494. The molecule has 0 aliphatic carbocycles. The van der Waals surface area contributed by atoms with Crippen LogP contribution in [0.3, 0.4) is 0 Å². The van der Waals surface area contributed by atoms with E-state index in [4.69, 9.17) is 5.11 Å². The van der Waals surface area contributed by atoms with Crippen molar-refractivity contribution >= 4 is 28.1 Å². The molecule has 1 heterocycles. The average molecular weight is 248 g/mol. The number of hydrogen-bond donors (Lipinski definition) is 2. The summed E-state index contributed by atoms with van der Waals surface area (Å²) < 4.78 is 0. The molecule has 2 N–H and O–H groups in total. The minimum atomic E-state index is -0.814. The molecule has 4 nitrogen and oxygen atoms in total. The molecule has 1 aromatic carbocycles. The number of carboxylic acid groups (broad SMARTS) is 1. The molecule has 0 aliphatic rings. The number of hydrogen-bond acceptors (Lipinski definition) is 4. The number of carbonyl (C=O) groups is 1. The van der Waals surface area contributed by atoms with Gasteiger partial charge in [-0.1, -0.05) is 12.1 Å². The fourth-order valence-electron chi connectivity index (χ4n) is 1.41. The first-order valence-electron chi connectivity index (χ1n) is 5.16. The molecular weight excluding hydrogens is 236 g/mol. The highest BCUT2D eigenvalue weighted by atomic mass is 32.1. The van der Waals surface area contributed by atoms with Crippen LogP contribution in [0.5, 0.6) is 0 Å². The highest BCUT2D eigenvalue weighted by Gasteiger charge is 2.12. The summed E-state index contributed by atoms with van der Waals surface area (Å²) >= 11 is 1.52. The lowest BCUT2D eigenvalue weighted by molar-refractivity contribution is -0.138. The van der Waals surface area contributed by atoms with E-state index in [0.717, 1.165) is 16.4 Å². The van der Waals surface area contributed by atoms with E-state index in [9.17, 15) is 4.79 Å². The van der Waals surface area contributed by atoms with Crippen molar-refractivity contribution in [2.45, 2.75) is 12.8 Å². The van der Waals surface area contributed by atoms with Crippen LogP contribution in [0.2, 0.25) is 0 Å². The van der Waals surface area contributed by atoms with Crippen molar-refractivity contribution in [2.24, 2.45) is 0 Å². The highest BCUT2D eigenvalue weighted by molar-refractivity contribution is 7.13. The van der Waals surface area contributed by atoms with Crippen LogP contribution >= 0.6 is 11.3 Å². The van der Waals surface area contributed by atoms with Gasteiger partial charge in [-0.25, -0.2) is 4.98 Å². The maximum atomic E-state index is 10.8. The van der Waals surface area contributed by atoms with E-state index >= 15 is 0 Å². The topological polar surface area (TPSA) is 62.2 Å². The average Bonchev–Trinajstić information content (AvgIpc) is 2.82. The molecule has 5 heteroatoms. The summed E-state index contributed by atoms with van der Waals surface area (Å²) in [6, 6.07) is 7.34. The molecule has 0 amide bonds. The number of nitrogens with one attached hydrogen (secondary N) is 1. The molecule has 17 heavy (non-hydrogen) atoms. The molecule has 2 aromatic rings. The Morgan fingerprint density at radius 1 is 1.41 bits per heavy atom. The van der Waals surface area contributed by atoms with Crippen molar-refractivity contribution < 1.29 is 9.90 Å². The molecule has 0 saturated carbocycles. The van der Waals surface area contributed by atoms with Gasteiger partial charge in [0.25, 0.3) is 0 Å². The number of benzene rings is 1. The fraction of sp³-hybridized carbons (Fsp3) is 0.167. The molecule has 1 atom stereocenters. The molecule has 0 unspecified atom stereocenters. The zero-order valence-corrected chi connectivity index (χ0v) is 10.1. The van der Waals surface area contributed by atoms with Crippen molar-refractivity contribution in [1.29, 1.82) is 0 Å². The van der Waals surface area contributed by atoms with Gasteiger partial charge in [0.05, 0.1) is 5.92 Å². The summed E-state index contributed by atoms with van der Waals surface area (Å²) in [6.07, 6.45) is 1.73. The third-order valence-electron chi connectivity index (χ3n) is 2.46. The summed E-state index contributed by atoms with van der Waals surface area (Å²) in [5, 5.41) is 14.7. The minimum absolute atomic E-state index is 0.482. The van der Waals surface area contributed by atoms with Gasteiger partial charge in [-0.2, -0.15) is 0 Å². The summed E-state index contributed by atoms with van der Waals surface area (Å²) in [4.78, 5) is 14.9. The van der Waals surface area contributed by atoms with E-state index in [2.05, 4.69) is 10.3 Å². The number of thiazole rings is 1. The van der Waals surface area contributed by atoms with Crippen molar-refractivity contribution in [1.82, 2.24) is 4.98 Å². The van der Waals surface area contributed by atoms with Gasteiger partial charge < -0.3 is 10.4 Å². The zero-order valence-electron chi connectivity index (χ0n) is 9.25.